The summed E-state index contributed by atoms with van der Waals surface area (Å²) in [5.41, 5.74) is 10.5. The molecular formula is C46H93Cl3N2O13. The number of carboxylic acids is 1. The SMILES string of the molecule is CCCOCC(=O)CCCOCCOCCCCCCCl.CCCOCC(=O)O.NCCOCC(=O)CCCOCCOCCCCCCCl.NCCOCCOCCCCCCCl. The number of alkyl halides is 3. The Hall–Kier alpha value is -0.760. The van der Waals surface area contributed by atoms with Crippen LogP contribution in [0.4, 0.5) is 0 Å². The van der Waals surface area contributed by atoms with Gasteiger partial charge in [0.15, 0.2) is 11.6 Å². The molecule has 0 aliphatic carbocycles. The number of carbonyl (C=O) groups excluding carboxylic acids is 2. The molecule has 0 aliphatic rings. The van der Waals surface area contributed by atoms with E-state index in [0.717, 1.165) is 102 Å². The first kappa shape index (κ1) is 69.8. The summed E-state index contributed by atoms with van der Waals surface area (Å²) >= 11 is 16.7. The third-order valence-corrected chi connectivity index (χ3v) is 8.90. The molecular weight excluding hydrogens is 895 g/mol. The van der Waals surface area contributed by atoms with Gasteiger partial charge in [0.2, 0.25) is 0 Å². The van der Waals surface area contributed by atoms with Gasteiger partial charge < -0.3 is 59.2 Å². The molecule has 386 valence electrons. The van der Waals surface area contributed by atoms with Crippen molar-refractivity contribution in [1.29, 1.82) is 0 Å². The van der Waals surface area contributed by atoms with E-state index in [0.29, 0.717) is 105 Å². The molecule has 0 spiro atoms. The van der Waals surface area contributed by atoms with Gasteiger partial charge in [0.25, 0.3) is 0 Å². The van der Waals surface area contributed by atoms with Crippen LogP contribution in [0.5, 0.6) is 0 Å². The van der Waals surface area contributed by atoms with Crippen LogP contribution in [0.1, 0.15) is 129 Å². The summed E-state index contributed by atoms with van der Waals surface area (Å²) in [7, 11) is 0. The zero-order valence-electron chi connectivity index (χ0n) is 40.1. The maximum atomic E-state index is 11.4. The highest BCUT2D eigenvalue weighted by molar-refractivity contribution is 6.18. The van der Waals surface area contributed by atoms with Crippen molar-refractivity contribution in [3.8, 4) is 0 Å². The van der Waals surface area contributed by atoms with Gasteiger partial charge in [-0.15, -0.1) is 34.8 Å². The number of Topliss-reactive ketones (excluding diaryl/α,β-unsaturated/α-hetero) is 2. The second kappa shape index (κ2) is 68.8. The van der Waals surface area contributed by atoms with Crippen molar-refractivity contribution in [2.24, 2.45) is 11.5 Å². The minimum atomic E-state index is -0.904. The molecule has 0 amide bonds. The number of nitrogens with two attached hydrogens (primary N) is 2. The van der Waals surface area contributed by atoms with Crippen molar-refractivity contribution in [1.82, 2.24) is 0 Å². The third kappa shape index (κ3) is 78.4. The van der Waals surface area contributed by atoms with Crippen molar-refractivity contribution < 1.29 is 62.1 Å². The molecule has 18 heteroatoms. The zero-order chi connectivity index (χ0) is 48.1. The number of ether oxygens (including phenoxy) is 9. The number of hydrogen-bond donors (Lipinski definition) is 3. The lowest BCUT2D eigenvalue weighted by Crippen LogP contribution is -2.15. The van der Waals surface area contributed by atoms with Gasteiger partial charge in [0.1, 0.15) is 19.8 Å². The number of aliphatic carboxylic acids is 1. The van der Waals surface area contributed by atoms with Crippen LogP contribution >= 0.6 is 34.8 Å². The van der Waals surface area contributed by atoms with Crippen LogP contribution in [0.3, 0.4) is 0 Å². The number of carbonyl (C=O) groups is 3. The largest absolute Gasteiger partial charge is 0.480 e. The van der Waals surface area contributed by atoms with E-state index in [9.17, 15) is 14.4 Å². The van der Waals surface area contributed by atoms with E-state index in [4.69, 9.17) is 89.3 Å². The summed E-state index contributed by atoms with van der Waals surface area (Å²) in [4.78, 5) is 32.5. The van der Waals surface area contributed by atoms with E-state index in [-0.39, 0.29) is 31.4 Å². The molecule has 0 rings (SSSR count). The maximum absolute atomic E-state index is 11.4. The molecule has 0 saturated heterocycles. The minimum Gasteiger partial charge on any atom is -0.480 e. The maximum Gasteiger partial charge on any atom is 0.329 e. The summed E-state index contributed by atoms with van der Waals surface area (Å²) in [6.07, 6.45) is 18.0. The third-order valence-electron chi connectivity index (χ3n) is 8.09. The van der Waals surface area contributed by atoms with Gasteiger partial charge >= 0.3 is 5.97 Å². The van der Waals surface area contributed by atoms with Gasteiger partial charge in [-0.25, -0.2) is 4.79 Å². The summed E-state index contributed by atoms with van der Waals surface area (Å²) < 4.78 is 47.1. The molecule has 64 heavy (non-hydrogen) atoms. The van der Waals surface area contributed by atoms with Crippen LogP contribution in [0, 0.1) is 0 Å². The van der Waals surface area contributed by atoms with Crippen molar-refractivity contribution in [3.63, 3.8) is 0 Å². The number of unbranched alkanes of at least 4 members (excludes halogenated alkanes) is 9. The summed E-state index contributed by atoms with van der Waals surface area (Å²) in [6, 6.07) is 0. The normalized spacial score (nSPS) is 10.7. The van der Waals surface area contributed by atoms with Crippen molar-refractivity contribution in [2.45, 2.75) is 129 Å². The molecule has 0 fully saturated rings. The molecule has 0 atom stereocenters. The van der Waals surface area contributed by atoms with E-state index in [1.54, 1.807) is 0 Å². The second-order valence-corrected chi connectivity index (χ2v) is 15.5. The summed E-state index contributed by atoms with van der Waals surface area (Å²) in [6.45, 7) is 14.8. The van der Waals surface area contributed by atoms with Gasteiger partial charge in [-0.3, -0.25) is 9.59 Å². The van der Waals surface area contributed by atoms with E-state index in [1.165, 1.54) is 38.5 Å². The highest BCUT2D eigenvalue weighted by atomic mass is 35.5. The van der Waals surface area contributed by atoms with Gasteiger partial charge in [0, 0.05) is 89.8 Å². The lowest BCUT2D eigenvalue weighted by Gasteiger charge is -2.06. The summed E-state index contributed by atoms with van der Waals surface area (Å²) in [5.74, 6) is 1.62. The topological polar surface area (TPSA) is 207 Å². The molecule has 0 heterocycles. The molecule has 0 bridgehead atoms. The first-order valence-corrected chi connectivity index (χ1v) is 25.4. The van der Waals surface area contributed by atoms with E-state index < -0.39 is 5.97 Å². The van der Waals surface area contributed by atoms with Gasteiger partial charge in [-0.05, 0) is 64.2 Å². The number of carboxylic acid groups (broad SMARTS) is 1. The van der Waals surface area contributed by atoms with Crippen LogP contribution in [-0.2, 0) is 57.0 Å². The fourth-order valence-electron chi connectivity index (χ4n) is 4.80. The van der Waals surface area contributed by atoms with Crippen molar-refractivity contribution >= 4 is 52.3 Å². The van der Waals surface area contributed by atoms with Crippen molar-refractivity contribution in [3.05, 3.63) is 0 Å². The number of rotatable bonds is 49. The summed E-state index contributed by atoms with van der Waals surface area (Å²) in [5, 5.41) is 8.02. The zero-order valence-corrected chi connectivity index (χ0v) is 42.4. The van der Waals surface area contributed by atoms with E-state index in [1.807, 2.05) is 13.8 Å². The van der Waals surface area contributed by atoms with Gasteiger partial charge in [0.05, 0.1) is 52.9 Å². The number of hydrogen-bond acceptors (Lipinski definition) is 14. The van der Waals surface area contributed by atoms with Crippen LogP contribution in [-0.4, -0.2) is 172 Å². The monoisotopic (exact) mass is 987 g/mol. The quantitative estimate of drug-likeness (QED) is 0.0390. The minimum absolute atomic E-state index is 0.0974. The fourth-order valence-corrected chi connectivity index (χ4v) is 5.36. The second-order valence-electron chi connectivity index (χ2n) is 14.4. The average Bonchev–Trinajstić information content (AvgIpc) is 3.28. The Bertz CT molecular complexity index is 833. The predicted molar refractivity (Wildman–Crippen MR) is 260 cm³/mol. The Morgan fingerprint density at radius 3 is 0.953 bits per heavy atom. The van der Waals surface area contributed by atoms with Gasteiger partial charge in [-0.1, -0.05) is 52.4 Å². The Labute approximate surface area is 403 Å². The molecule has 0 aromatic carbocycles. The molecule has 0 aromatic rings. The molecule has 5 N–H and O–H groups in total. The van der Waals surface area contributed by atoms with Crippen LogP contribution in [0.15, 0.2) is 0 Å². The molecule has 15 nitrogen and oxygen atoms in total. The Balaban J connectivity index is -0.000000395. The first-order valence-electron chi connectivity index (χ1n) is 23.8. The van der Waals surface area contributed by atoms with E-state index in [2.05, 4.69) is 4.74 Å². The molecule has 0 aromatic heterocycles. The van der Waals surface area contributed by atoms with Crippen LogP contribution in [0.25, 0.3) is 0 Å². The smallest absolute Gasteiger partial charge is 0.329 e. The van der Waals surface area contributed by atoms with Gasteiger partial charge in [-0.2, -0.15) is 0 Å². The number of halogens is 3. The fraction of sp³-hybridized carbons (Fsp3) is 0.935. The molecule has 0 aliphatic heterocycles. The van der Waals surface area contributed by atoms with Crippen molar-refractivity contribution in [2.75, 3.05) is 150 Å². The molecule has 0 saturated carbocycles. The Morgan fingerprint density at radius 1 is 0.359 bits per heavy atom. The predicted octanol–water partition coefficient (Wildman–Crippen LogP) is 8.01. The highest BCUT2D eigenvalue weighted by Crippen LogP contribution is 2.03. The van der Waals surface area contributed by atoms with Crippen LogP contribution in [0.2, 0.25) is 0 Å². The molecule has 0 radical (unpaired) electrons. The Morgan fingerprint density at radius 2 is 0.641 bits per heavy atom. The Kier molecular flexibility index (Phi) is 75.1. The number of ketones is 2. The lowest BCUT2D eigenvalue weighted by atomic mass is 10.2. The average molecular weight is 989 g/mol. The highest BCUT2D eigenvalue weighted by Gasteiger charge is 2.03. The van der Waals surface area contributed by atoms with Crippen LogP contribution < -0.4 is 11.5 Å². The molecule has 0 unspecified atom stereocenters. The standard InChI is InChI=1S/C16H31ClO4.C15H30ClNO4.C10H22ClNO2.C5H10O3/c1-2-10-21-15-16(18)8-7-12-20-14-13-19-11-6-4-3-5-9-17;16-7-3-1-2-4-9-19-12-13-20-10-5-6-15(18)14-21-11-8-17;11-5-3-1-2-4-7-13-9-10-14-8-6-12;1-2-3-8-4-5(6)7/h2-15H2,1H3;1-14,17H2;1-10,12H2;2-4H2,1H3,(H,6,7). The lowest BCUT2D eigenvalue weighted by molar-refractivity contribution is -0.142. The van der Waals surface area contributed by atoms with E-state index >= 15 is 0 Å². The first-order chi connectivity index (χ1) is 31.3.